The Morgan fingerprint density at radius 2 is 1.00 bits per heavy atom. The standard InChI is InChI=1S/C16H33O2/c1-2-3-4-5-6-7-8-9-10-11-12-13-14-15-16(17)18/h16-17H,2-15H2,1H3. The lowest BCUT2D eigenvalue weighted by Gasteiger charge is -2.03. The van der Waals surface area contributed by atoms with Crippen LogP contribution in [0.5, 0.6) is 0 Å². The molecule has 0 aliphatic heterocycles. The van der Waals surface area contributed by atoms with E-state index in [1.165, 1.54) is 70.6 Å². The van der Waals surface area contributed by atoms with E-state index in [-0.39, 0.29) is 0 Å². The van der Waals surface area contributed by atoms with Crippen molar-refractivity contribution < 1.29 is 10.2 Å². The molecule has 2 nitrogen and oxygen atoms in total. The minimum atomic E-state index is -1.35. The van der Waals surface area contributed by atoms with Crippen LogP contribution in [0.4, 0.5) is 0 Å². The molecule has 0 aromatic carbocycles. The normalized spacial score (nSPS) is 11.3. The predicted molar refractivity (Wildman–Crippen MR) is 77.0 cm³/mol. The van der Waals surface area contributed by atoms with Gasteiger partial charge in [-0.05, 0) is 6.42 Å². The maximum Gasteiger partial charge on any atom is 0.188 e. The summed E-state index contributed by atoms with van der Waals surface area (Å²) in [7, 11) is 0. The Bertz CT molecular complexity index is 146. The fraction of sp³-hybridized carbons (Fsp3) is 1.00. The topological polar surface area (TPSA) is 40.1 Å². The maximum absolute atomic E-state index is 10.4. The molecule has 0 aromatic heterocycles. The Kier molecular flexibility index (Phi) is 14.9. The Morgan fingerprint density at radius 1 is 0.667 bits per heavy atom. The maximum atomic E-state index is 10.4. The average molecular weight is 257 g/mol. The van der Waals surface area contributed by atoms with Crippen LogP contribution in [0.2, 0.25) is 0 Å². The van der Waals surface area contributed by atoms with Crippen LogP contribution >= 0.6 is 0 Å². The van der Waals surface area contributed by atoms with Crippen molar-refractivity contribution in [2.24, 2.45) is 0 Å². The summed E-state index contributed by atoms with van der Waals surface area (Å²) in [6.45, 7) is 2.26. The van der Waals surface area contributed by atoms with Crippen molar-refractivity contribution in [2.45, 2.75) is 103 Å². The van der Waals surface area contributed by atoms with Crippen molar-refractivity contribution in [2.75, 3.05) is 0 Å². The number of rotatable bonds is 14. The molecule has 1 unspecified atom stereocenters. The third-order valence-electron chi connectivity index (χ3n) is 3.55. The lowest BCUT2D eigenvalue weighted by atomic mass is 10.0. The first kappa shape index (κ1) is 17.9. The van der Waals surface area contributed by atoms with Gasteiger partial charge in [0, 0.05) is 6.42 Å². The average Bonchev–Trinajstić information content (AvgIpc) is 2.34. The summed E-state index contributed by atoms with van der Waals surface area (Å²) in [5.41, 5.74) is 0. The van der Waals surface area contributed by atoms with Gasteiger partial charge in [0.1, 0.15) is 0 Å². The van der Waals surface area contributed by atoms with Crippen molar-refractivity contribution in [3.63, 3.8) is 0 Å². The SMILES string of the molecule is CCCCCCCCCCCCCCCC([O])O. The lowest BCUT2D eigenvalue weighted by Crippen LogP contribution is -2.00. The first-order chi connectivity index (χ1) is 8.77. The second kappa shape index (κ2) is 15.0. The number of aliphatic hydroxyl groups is 1. The molecule has 0 saturated heterocycles. The van der Waals surface area contributed by atoms with Crippen LogP contribution < -0.4 is 0 Å². The smallest absolute Gasteiger partial charge is 0.188 e. The zero-order valence-corrected chi connectivity index (χ0v) is 12.3. The van der Waals surface area contributed by atoms with Crippen molar-refractivity contribution in [3.8, 4) is 0 Å². The van der Waals surface area contributed by atoms with E-state index in [0.717, 1.165) is 12.8 Å². The van der Waals surface area contributed by atoms with Gasteiger partial charge < -0.3 is 5.11 Å². The van der Waals surface area contributed by atoms with Gasteiger partial charge in [-0.1, -0.05) is 84.0 Å². The summed E-state index contributed by atoms with van der Waals surface area (Å²) >= 11 is 0. The first-order valence-electron chi connectivity index (χ1n) is 8.11. The second-order valence-corrected chi connectivity index (χ2v) is 5.49. The predicted octanol–water partition coefficient (Wildman–Crippen LogP) is 5.22. The van der Waals surface area contributed by atoms with Gasteiger partial charge >= 0.3 is 0 Å². The molecule has 109 valence electrons. The Balaban J connectivity index is 2.90. The summed E-state index contributed by atoms with van der Waals surface area (Å²) in [5, 5.41) is 19.0. The summed E-state index contributed by atoms with van der Waals surface area (Å²) in [4.78, 5) is 0. The molecule has 0 aliphatic rings. The van der Waals surface area contributed by atoms with Crippen LogP contribution in [-0.4, -0.2) is 11.4 Å². The summed E-state index contributed by atoms with van der Waals surface area (Å²) < 4.78 is 0. The van der Waals surface area contributed by atoms with Gasteiger partial charge in [0.25, 0.3) is 0 Å². The molecular weight excluding hydrogens is 224 g/mol. The van der Waals surface area contributed by atoms with E-state index in [4.69, 9.17) is 5.11 Å². The minimum absolute atomic E-state index is 0.428. The summed E-state index contributed by atoms with van der Waals surface area (Å²) in [6.07, 6.45) is 16.1. The highest BCUT2D eigenvalue weighted by Crippen LogP contribution is 2.13. The fourth-order valence-electron chi connectivity index (χ4n) is 2.34. The third-order valence-corrected chi connectivity index (χ3v) is 3.55. The largest absolute Gasteiger partial charge is 0.366 e. The van der Waals surface area contributed by atoms with E-state index in [1.807, 2.05) is 0 Å². The fourth-order valence-corrected chi connectivity index (χ4v) is 2.34. The Hall–Kier alpha value is -0.0800. The number of hydrogen-bond acceptors (Lipinski definition) is 1. The molecule has 1 atom stereocenters. The molecule has 0 heterocycles. The first-order valence-corrected chi connectivity index (χ1v) is 8.11. The van der Waals surface area contributed by atoms with Crippen LogP contribution in [-0.2, 0) is 5.11 Å². The molecule has 18 heavy (non-hydrogen) atoms. The van der Waals surface area contributed by atoms with Gasteiger partial charge in [0.05, 0.1) is 0 Å². The van der Waals surface area contributed by atoms with Gasteiger partial charge in [0.15, 0.2) is 6.29 Å². The molecule has 0 fully saturated rings. The molecule has 0 amide bonds. The van der Waals surface area contributed by atoms with Crippen LogP contribution in [0.3, 0.4) is 0 Å². The molecule has 1 N–H and O–H groups in total. The van der Waals surface area contributed by atoms with E-state index < -0.39 is 6.29 Å². The van der Waals surface area contributed by atoms with Crippen molar-refractivity contribution in [1.29, 1.82) is 0 Å². The molecule has 0 bridgehead atoms. The monoisotopic (exact) mass is 257 g/mol. The van der Waals surface area contributed by atoms with Crippen LogP contribution in [0, 0.1) is 0 Å². The molecule has 1 radical (unpaired) electrons. The van der Waals surface area contributed by atoms with Crippen molar-refractivity contribution in [1.82, 2.24) is 0 Å². The van der Waals surface area contributed by atoms with E-state index in [0.29, 0.717) is 6.42 Å². The van der Waals surface area contributed by atoms with E-state index in [1.54, 1.807) is 0 Å². The van der Waals surface area contributed by atoms with E-state index >= 15 is 0 Å². The van der Waals surface area contributed by atoms with E-state index in [2.05, 4.69) is 6.92 Å². The van der Waals surface area contributed by atoms with Crippen LogP contribution in [0.25, 0.3) is 0 Å². The minimum Gasteiger partial charge on any atom is -0.366 e. The van der Waals surface area contributed by atoms with E-state index in [9.17, 15) is 5.11 Å². The van der Waals surface area contributed by atoms with Gasteiger partial charge in [-0.2, -0.15) is 0 Å². The highest BCUT2D eigenvalue weighted by Gasteiger charge is 1.98. The van der Waals surface area contributed by atoms with Gasteiger partial charge in [-0.3, -0.25) is 0 Å². The van der Waals surface area contributed by atoms with Crippen LogP contribution in [0.15, 0.2) is 0 Å². The van der Waals surface area contributed by atoms with Crippen LogP contribution in [0.1, 0.15) is 96.8 Å². The molecule has 0 saturated carbocycles. The molecule has 2 heteroatoms. The van der Waals surface area contributed by atoms with Crippen molar-refractivity contribution in [3.05, 3.63) is 0 Å². The summed E-state index contributed by atoms with van der Waals surface area (Å²) in [6, 6.07) is 0. The molecule has 0 spiro atoms. The second-order valence-electron chi connectivity index (χ2n) is 5.49. The molecule has 0 aliphatic carbocycles. The highest BCUT2D eigenvalue weighted by molar-refractivity contribution is 4.49. The van der Waals surface area contributed by atoms with Gasteiger partial charge in [-0.25, -0.2) is 5.11 Å². The molecule has 0 rings (SSSR count). The lowest BCUT2D eigenvalue weighted by molar-refractivity contribution is -0.0968. The number of unbranched alkanes of at least 4 members (excludes halogenated alkanes) is 12. The third kappa shape index (κ3) is 15.9. The zero-order valence-electron chi connectivity index (χ0n) is 12.3. The van der Waals surface area contributed by atoms with Gasteiger partial charge in [0.2, 0.25) is 0 Å². The molecule has 0 aromatic rings. The molecular formula is C16H33O2. The quantitative estimate of drug-likeness (QED) is 0.336. The summed E-state index contributed by atoms with van der Waals surface area (Å²) in [5.74, 6) is 0. The number of hydrogen-bond donors (Lipinski definition) is 1. The van der Waals surface area contributed by atoms with Crippen molar-refractivity contribution >= 4 is 0 Å². The van der Waals surface area contributed by atoms with Gasteiger partial charge in [-0.15, -0.1) is 0 Å². The Morgan fingerprint density at radius 3 is 1.33 bits per heavy atom. The number of aliphatic hydroxyl groups excluding tert-OH is 1. The zero-order chi connectivity index (χ0) is 13.5. The Labute approximate surface area is 114 Å². The highest BCUT2D eigenvalue weighted by atomic mass is 16.5.